The molecule has 0 unspecified atom stereocenters. The zero-order valence-corrected chi connectivity index (χ0v) is 14.9. The van der Waals surface area contributed by atoms with Crippen LogP contribution in [0.2, 0.25) is 0 Å². The van der Waals surface area contributed by atoms with Crippen molar-refractivity contribution in [1.82, 2.24) is 9.21 Å². The van der Waals surface area contributed by atoms with Gasteiger partial charge >= 0.3 is 0 Å². The zero-order chi connectivity index (χ0) is 17.0. The Morgan fingerprint density at radius 3 is 2.08 bits per heavy atom. The minimum Gasteiger partial charge on any atom is -0.339 e. The van der Waals surface area contributed by atoms with Gasteiger partial charge in [0.2, 0.25) is 10.0 Å². The van der Waals surface area contributed by atoms with Crippen LogP contribution in [0, 0.1) is 0 Å². The molecule has 3 rings (SSSR count). The summed E-state index contributed by atoms with van der Waals surface area (Å²) in [4.78, 5) is 14.7. The molecule has 1 aromatic carbocycles. The molecule has 2 saturated heterocycles. The monoisotopic (exact) mass is 350 g/mol. The molecule has 0 aliphatic carbocycles. The summed E-state index contributed by atoms with van der Waals surface area (Å²) in [5.41, 5.74) is 0.479. The summed E-state index contributed by atoms with van der Waals surface area (Å²) >= 11 is 0. The van der Waals surface area contributed by atoms with Crippen molar-refractivity contribution in [3.8, 4) is 0 Å². The number of benzene rings is 1. The first kappa shape index (κ1) is 17.4. The number of rotatable bonds is 3. The number of hydrogen-bond acceptors (Lipinski definition) is 3. The van der Waals surface area contributed by atoms with Crippen LogP contribution in [-0.4, -0.2) is 49.7 Å². The number of hydrogen-bond donors (Lipinski definition) is 0. The van der Waals surface area contributed by atoms with E-state index in [0.717, 1.165) is 58.0 Å². The van der Waals surface area contributed by atoms with Gasteiger partial charge in [0.15, 0.2) is 0 Å². The zero-order valence-electron chi connectivity index (χ0n) is 14.1. The normalized spacial score (nSPS) is 20.6. The molecule has 2 heterocycles. The number of nitrogens with zero attached hydrogens (tertiary/aromatic N) is 2. The lowest BCUT2D eigenvalue weighted by atomic mass is 10.1. The second kappa shape index (κ2) is 7.66. The number of likely N-dealkylation sites (tertiary alicyclic amines) is 1. The third-order valence-corrected chi connectivity index (χ3v) is 6.82. The molecule has 0 spiro atoms. The molecule has 0 radical (unpaired) electrons. The number of carbonyl (C=O) groups is 1. The molecule has 132 valence electrons. The summed E-state index contributed by atoms with van der Waals surface area (Å²) in [6.07, 6.45) is 7.19. The van der Waals surface area contributed by atoms with E-state index in [4.69, 9.17) is 0 Å². The Morgan fingerprint density at radius 2 is 1.42 bits per heavy atom. The third-order valence-electron chi connectivity index (χ3n) is 4.93. The Balaban J connectivity index is 1.82. The molecular formula is C18H26N2O3S. The standard InChI is InChI=1S/C18H26N2O3S/c21-18(19-11-4-3-5-12-19)16-9-8-10-17(15-16)24(22,23)20-13-6-1-2-7-14-20/h8-10,15H,1-7,11-14H2. The first-order chi connectivity index (χ1) is 11.6. The minimum atomic E-state index is -3.51. The summed E-state index contributed by atoms with van der Waals surface area (Å²) in [6, 6.07) is 6.56. The third kappa shape index (κ3) is 3.81. The first-order valence-corrected chi connectivity index (χ1v) is 10.4. The molecule has 6 heteroatoms. The van der Waals surface area contributed by atoms with Gasteiger partial charge in [0.05, 0.1) is 4.90 Å². The highest BCUT2D eigenvalue weighted by molar-refractivity contribution is 7.89. The SMILES string of the molecule is O=C(c1cccc(S(=O)(=O)N2CCCCCC2)c1)N1CCCCC1. The number of amides is 1. The lowest BCUT2D eigenvalue weighted by molar-refractivity contribution is 0.0724. The van der Waals surface area contributed by atoms with E-state index in [1.54, 1.807) is 28.6 Å². The van der Waals surface area contributed by atoms with Gasteiger partial charge in [0.25, 0.3) is 5.91 Å². The predicted octanol–water partition coefficient (Wildman–Crippen LogP) is 2.88. The number of sulfonamides is 1. The molecule has 5 nitrogen and oxygen atoms in total. The van der Waals surface area contributed by atoms with Crippen molar-refractivity contribution < 1.29 is 13.2 Å². The Morgan fingerprint density at radius 1 is 0.833 bits per heavy atom. The largest absolute Gasteiger partial charge is 0.339 e. The van der Waals surface area contributed by atoms with E-state index in [1.807, 2.05) is 4.90 Å². The fourth-order valence-corrected chi connectivity index (χ4v) is 5.06. The van der Waals surface area contributed by atoms with E-state index < -0.39 is 10.0 Å². The van der Waals surface area contributed by atoms with Crippen LogP contribution in [0.1, 0.15) is 55.3 Å². The van der Waals surface area contributed by atoms with Crippen LogP contribution >= 0.6 is 0 Å². The van der Waals surface area contributed by atoms with Gasteiger partial charge in [-0.05, 0) is 50.3 Å². The second-order valence-corrected chi connectivity index (χ2v) is 8.64. The van der Waals surface area contributed by atoms with E-state index in [9.17, 15) is 13.2 Å². The second-order valence-electron chi connectivity index (χ2n) is 6.70. The Labute approximate surface area is 144 Å². The van der Waals surface area contributed by atoms with E-state index in [2.05, 4.69) is 0 Å². The van der Waals surface area contributed by atoms with Crippen molar-refractivity contribution in [1.29, 1.82) is 0 Å². The van der Waals surface area contributed by atoms with Crippen molar-refractivity contribution in [2.24, 2.45) is 0 Å². The van der Waals surface area contributed by atoms with Crippen LogP contribution in [0.15, 0.2) is 29.2 Å². The number of carbonyl (C=O) groups excluding carboxylic acids is 1. The summed E-state index contributed by atoms with van der Waals surface area (Å²) in [5, 5.41) is 0. The van der Waals surface area contributed by atoms with Gasteiger partial charge in [0.1, 0.15) is 0 Å². The highest BCUT2D eigenvalue weighted by Gasteiger charge is 2.26. The molecule has 0 aromatic heterocycles. The summed E-state index contributed by atoms with van der Waals surface area (Å²) in [6.45, 7) is 2.68. The van der Waals surface area contributed by atoms with Crippen LogP contribution in [0.5, 0.6) is 0 Å². The van der Waals surface area contributed by atoms with Crippen molar-refractivity contribution >= 4 is 15.9 Å². The molecule has 0 saturated carbocycles. The van der Waals surface area contributed by atoms with Crippen LogP contribution in [0.25, 0.3) is 0 Å². The van der Waals surface area contributed by atoms with Crippen LogP contribution in [0.3, 0.4) is 0 Å². The van der Waals surface area contributed by atoms with Crippen LogP contribution in [0.4, 0.5) is 0 Å². The van der Waals surface area contributed by atoms with Gasteiger partial charge in [-0.3, -0.25) is 4.79 Å². The Hall–Kier alpha value is -1.40. The summed E-state index contributed by atoms with van der Waals surface area (Å²) in [5.74, 6) is -0.0531. The molecule has 0 bridgehead atoms. The van der Waals surface area contributed by atoms with Crippen LogP contribution < -0.4 is 0 Å². The minimum absolute atomic E-state index is 0.0531. The van der Waals surface area contributed by atoms with Crippen molar-refractivity contribution in [2.75, 3.05) is 26.2 Å². The lowest BCUT2D eigenvalue weighted by Gasteiger charge is -2.27. The average molecular weight is 350 g/mol. The molecule has 2 fully saturated rings. The molecule has 0 N–H and O–H groups in total. The Bertz CT molecular complexity index is 673. The first-order valence-electron chi connectivity index (χ1n) is 8.98. The fourth-order valence-electron chi connectivity index (χ4n) is 3.50. The smallest absolute Gasteiger partial charge is 0.253 e. The molecule has 0 atom stereocenters. The van der Waals surface area contributed by atoms with Gasteiger partial charge in [-0.25, -0.2) is 8.42 Å². The van der Waals surface area contributed by atoms with E-state index in [-0.39, 0.29) is 10.8 Å². The van der Waals surface area contributed by atoms with Gasteiger partial charge in [0, 0.05) is 31.7 Å². The molecule has 1 amide bonds. The van der Waals surface area contributed by atoms with Crippen molar-refractivity contribution in [3.63, 3.8) is 0 Å². The van der Waals surface area contributed by atoms with E-state index in [0.29, 0.717) is 18.7 Å². The Kier molecular flexibility index (Phi) is 5.56. The molecule has 24 heavy (non-hydrogen) atoms. The van der Waals surface area contributed by atoms with E-state index >= 15 is 0 Å². The molecule has 2 aliphatic heterocycles. The lowest BCUT2D eigenvalue weighted by Crippen LogP contribution is -2.36. The van der Waals surface area contributed by atoms with Gasteiger partial charge in [-0.1, -0.05) is 18.9 Å². The van der Waals surface area contributed by atoms with E-state index in [1.165, 1.54) is 0 Å². The van der Waals surface area contributed by atoms with Crippen molar-refractivity contribution in [3.05, 3.63) is 29.8 Å². The predicted molar refractivity (Wildman–Crippen MR) is 93.4 cm³/mol. The molecular weight excluding hydrogens is 324 g/mol. The van der Waals surface area contributed by atoms with Gasteiger partial charge < -0.3 is 4.90 Å². The highest BCUT2D eigenvalue weighted by Crippen LogP contribution is 2.22. The van der Waals surface area contributed by atoms with Gasteiger partial charge in [-0.15, -0.1) is 0 Å². The quantitative estimate of drug-likeness (QED) is 0.842. The number of piperidine rings is 1. The topological polar surface area (TPSA) is 57.7 Å². The van der Waals surface area contributed by atoms with Gasteiger partial charge in [-0.2, -0.15) is 4.31 Å². The summed E-state index contributed by atoms with van der Waals surface area (Å²) in [7, 11) is -3.51. The average Bonchev–Trinajstić information content (AvgIpc) is 2.92. The van der Waals surface area contributed by atoms with Crippen molar-refractivity contribution in [2.45, 2.75) is 49.8 Å². The molecule has 1 aromatic rings. The maximum absolute atomic E-state index is 12.9. The maximum Gasteiger partial charge on any atom is 0.253 e. The fraction of sp³-hybridized carbons (Fsp3) is 0.611. The molecule has 2 aliphatic rings. The summed E-state index contributed by atoms with van der Waals surface area (Å²) < 4.78 is 27.4. The maximum atomic E-state index is 12.9. The van der Waals surface area contributed by atoms with Crippen LogP contribution in [-0.2, 0) is 10.0 Å². The highest BCUT2D eigenvalue weighted by atomic mass is 32.2.